The van der Waals surface area contributed by atoms with Crippen molar-refractivity contribution in [2.45, 2.75) is 12.0 Å². The predicted octanol–water partition coefficient (Wildman–Crippen LogP) is 4.03. The molecule has 0 saturated carbocycles. The third-order valence-electron chi connectivity index (χ3n) is 5.21. The topological polar surface area (TPSA) is 88.8 Å². The van der Waals surface area contributed by atoms with Gasteiger partial charge in [0.05, 0.1) is 16.9 Å². The van der Waals surface area contributed by atoms with Crippen molar-refractivity contribution in [3.8, 4) is 11.5 Å². The molecule has 2 N–H and O–H groups in total. The van der Waals surface area contributed by atoms with Crippen molar-refractivity contribution in [3.05, 3.63) is 100 Å². The minimum absolute atomic E-state index is 0.0914. The number of carbonyl (C=O) groups is 1. The predicted molar refractivity (Wildman–Crippen MR) is 112 cm³/mol. The number of anilines is 1. The number of para-hydroxylation sites is 2. The molecule has 2 unspecified atom stereocenters. The fourth-order valence-corrected chi connectivity index (χ4v) is 3.84. The quantitative estimate of drug-likeness (QED) is 0.508. The number of amides is 1. The summed E-state index contributed by atoms with van der Waals surface area (Å²) in [4.78, 5) is 26.0. The summed E-state index contributed by atoms with van der Waals surface area (Å²) < 4.78 is 11.6. The molecule has 0 saturated heterocycles. The molecule has 0 bridgehead atoms. The summed E-state index contributed by atoms with van der Waals surface area (Å²) in [6.07, 6.45) is -0.974. The number of rotatable bonds is 3. The van der Waals surface area contributed by atoms with E-state index in [1.165, 1.54) is 12.1 Å². The lowest BCUT2D eigenvalue weighted by molar-refractivity contribution is -0.122. The van der Waals surface area contributed by atoms with E-state index in [1.807, 2.05) is 24.3 Å². The summed E-state index contributed by atoms with van der Waals surface area (Å²) in [7, 11) is 0. The SMILES string of the molecule is O=C(Nc1ccccc1)C1Oc2c(c(=O)oc3ccccc23)C1c1ccc(O)cc1. The first-order valence-electron chi connectivity index (χ1n) is 9.49. The van der Waals surface area contributed by atoms with Crippen molar-refractivity contribution in [1.82, 2.24) is 0 Å². The van der Waals surface area contributed by atoms with Crippen LogP contribution in [0.25, 0.3) is 11.0 Å². The zero-order chi connectivity index (χ0) is 20.7. The summed E-state index contributed by atoms with van der Waals surface area (Å²) in [6, 6.07) is 22.5. The Hall–Kier alpha value is -4.06. The second-order valence-electron chi connectivity index (χ2n) is 7.09. The molecule has 148 valence electrons. The molecule has 1 aliphatic heterocycles. The van der Waals surface area contributed by atoms with Gasteiger partial charge >= 0.3 is 5.63 Å². The molecular weight excluding hydrogens is 382 g/mol. The van der Waals surface area contributed by atoms with E-state index in [0.29, 0.717) is 33.5 Å². The zero-order valence-corrected chi connectivity index (χ0v) is 15.7. The molecule has 30 heavy (non-hydrogen) atoms. The van der Waals surface area contributed by atoms with Crippen LogP contribution in [-0.4, -0.2) is 17.1 Å². The van der Waals surface area contributed by atoms with Crippen LogP contribution in [0.1, 0.15) is 17.0 Å². The van der Waals surface area contributed by atoms with Crippen LogP contribution in [0.15, 0.2) is 88.1 Å². The van der Waals surface area contributed by atoms with Crippen LogP contribution in [0.3, 0.4) is 0 Å². The van der Waals surface area contributed by atoms with Crippen molar-refractivity contribution in [2.75, 3.05) is 5.32 Å². The van der Waals surface area contributed by atoms with E-state index >= 15 is 0 Å². The third-order valence-corrected chi connectivity index (χ3v) is 5.21. The normalized spacial score (nSPS) is 17.3. The number of phenols is 1. The van der Waals surface area contributed by atoms with Gasteiger partial charge in [0.2, 0.25) is 0 Å². The van der Waals surface area contributed by atoms with Gasteiger partial charge in [-0.3, -0.25) is 4.79 Å². The molecule has 6 heteroatoms. The number of fused-ring (bicyclic) bond motifs is 3. The lowest BCUT2D eigenvalue weighted by atomic mass is 9.88. The Morgan fingerprint density at radius 2 is 1.60 bits per heavy atom. The van der Waals surface area contributed by atoms with Gasteiger partial charge in [-0.25, -0.2) is 4.79 Å². The number of ether oxygens (including phenoxy) is 1. The van der Waals surface area contributed by atoms with Gasteiger partial charge in [-0.15, -0.1) is 0 Å². The first-order chi connectivity index (χ1) is 14.6. The number of nitrogens with one attached hydrogen (secondary N) is 1. The summed E-state index contributed by atoms with van der Waals surface area (Å²) in [5, 5.41) is 13.2. The minimum atomic E-state index is -0.974. The molecule has 2 heterocycles. The highest BCUT2D eigenvalue weighted by Gasteiger charge is 2.44. The highest BCUT2D eigenvalue weighted by molar-refractivity contribution is 5.97. The van der Waals surface area contributed by atoms with Gasteiger partial charge in [0.25, 0.3) is 5.91 Å². The fraction of sp³-hybridized carbons (Fsp3) is 0.0833. The molecule has 0 radical (unpaired) electrons. The second-order valence-corrected chi connectivity index (χ2v) is 7.09. The molecule has 1 amide bonds. The van der Waals surface area contributed by atoms with Crippen LogP contribution in [0.5, 0.6) is 11.5 Å². The second kappa shape index (κ2) is 7.08. The smallest absolute Gasteiger partial charge is 0.344 e. The van der Waals surface area contributed by atoms with E-state index in [1.54, 1.807) is 42.5 Å². The van der Waals surface area contributed by atoms with Gasteiger partial charge in [0, 0.05) is 5.69 Å². The Bertz CT molecular complexity index is 1290. The van der Waals surface area contributed by atoms with Crippen molar-refractivity contribution in [2.24, 2.45) is 0 Å². The molecule has 0 spiro atoms. The van der Waals surface area contributed by atoms with E-state index in [4.69, 9.17) is 9.15 Å². The number of phenolic OH excluding ortho intramolecular Hbond substituents is 1. The molecule has 6 nitrogen and oxygen atoms in total. The molecule has 0 fully saturated rings. The maximum atomic E-state index is 13.2. The fourth-order valence-electron chi connectivity index (χ4n) is 3.84. The standard InChI is InChI=1S/C24H17NO5/c26-16-12-10-14(11-13-16)19-20-21(17-8-4-5-9-18(17)29-24(20)28)30-22(19)23(27)25-15-6-2-1-3-7-15/h1-13,19,22,26H,(H,25,27). The van der Waals surface area contributed by atoms with E-state index < -0.39 is 17.6 Å². The van der Waals surface area contributed by atoms with Crippen molar-refractivity contribution in [3.63, 3.8) is 0 Å². The van der Waals surface area contributed by atoms with E-state index in [9.17, 15) is 14.7 Å². The van der Waals surface area contributed by atoms with Gasteiger partial charge in [0.1, 0.15) is 17.1 Å². The minimum Gasteiger partial charge on any atom is -0.508 e. The van der Waals surface area contributed by atoms with Gasteiger partial charge in [0.15, 0.2) is 6.10 Å². The van der Waals surface area contributed by atoms with E-state index in [0.717, 1.165) is 0 Å². The number of hydrogen-bond acceptors (Lipinski definition) is 5. The number of hydrogen-bond donors (Lipinski definition) is 2. The van der Waals surface area contributed by atoms with Crippen LogP contribution < -0.4 is 15.7 Å². The summed E-state index contributed by atoms with van der Waals surface area (Å²) in [5.74, 6) is -0.606. The number of aromatic hydroxyl groups is 1. The Labute approximate surface area is 171 Å². The van der Waals surface area contributed by atoms with Gasteiger partial charge < -0.3 is 19.6 Å². The zero-order valence-electron chi connectivity index (χ0n) is 15.7. The van der Waals surface area contributed by atoms with Crippen LogP contribution in [0.4, 0.5) is 5.69 Å². The van der Waals surface area contributed by atoms with Crippen molar-refractivity contribution < 1.29 is 19.1 Å². The maximum absolute atomic E-state index is 13.2. The maximum Gasteiger partial charge on any atom is 0.344 e. The van der Waals surface area contributed by atoms with Crippen LogP contribution in [0, 0.1) is 0 Å². The number of carbonyl (C=O) groups excluding carboxylic acids is 1. The molecule has 1 aromatic heterocycles. The summed E-state index contributed by atoms with van der Waals surface area (Å²) in [5.41, 5.74) is 1.45. The van der Waals surface area contributed by atoms with E-state index in [-0.39, 0.29) is 11.7 Å². The average Bonchev–Trinajstić information content (AvgIpc) is 3.17. The molecule has 1 aliphatic rings. The summed E-state index contributed by atoms with van der Waals surface area (Å²) >= 11 is 0. The van der Waals surface area contributed by atoms with Gasteiger partial charge in [-0.2, -0.15) is 0 Å². The highest BCUT2D eigenvalue weighted by atomic mass is 16.5. The highest BCUT2D eigenvalue weighted by Crippen LogP contribution is 2.44. The van der Waals surface area contributed by atoms with E-state index in [2.05, 4.69) is 5.32 Å². The Morgan fingerprint density at radius 1 is 0.900 bits per heavy atom. The summed E-state index contributed by atoms with van der Waals surface area (Å²) in [6.45, 7) is 0. The molecule has 3 aromatic carbocycles. The van der Waals surface area contributed by atoms with Crippen LogP contribution in [0.2, 0.25) is 0 Å². The lowest BCUT2D eigenvalue weighted by Crippen LogP contribution is -2.35. The monoisotopic (exact) mass is 399 g/mol. The molecule has 5 rings (SSSR count). The van der Waals surface area contributed by atoms with Gasteiger partial charge in [-0.1, -0.05) is 42.5 Å². The molecule has 2 atom stereocenters. The molecule has 0 aliphatic carbocycles. The van der Waals surface area contributed by atoms with Crippen LogP contribution in [-0.2, 0) is 4.79 Å². The first-order valence-corrected chi connectivity index (χ1v) is 9.49. The lowest BCUT2D eigenvalue weighted by Gasteiger charge is -2.18. The average molecular weight is 399 g/mol. The first kappa shape index (κ1) is 18.0. The van der Waals surface area contributed by atoms with Crippen molar-refractivity contribution in [1.29, 1.82) is 0 Å². The largest absolute Gasteiger partial charge is 0.508 e. The Balaban J connectivity index is 1.65. The third kappa shape index (κ3) is 2.99. The van der Waals surface area contributed by atoms with Gasteiger partial charge in [-0.05, 0) is 42.0 Å². The number of benzene rings is 3. The Kier molecular flexibility index (Phi) is 4.25. The molecular formula is C24H17NO5. The van der Waals surface area contributed by atoms with Crippen molar-refractivity contribution >= 4 is 22.6 Å². The molecule has 4 aromatic rings. The Morgan fingerprint density at radius 3 is 2.37 bits per heavy atom. The van der Waals surface area contributed by atoms with Crippen LogP contribution >= 0.6 is 0 Å².